The fraction of sp³-hybridized carbons (Fsp3) is 0.462. The highest BCUT2D eigenvalue weighted by atomic mass is 32.2. The van der Waals surface area contributed by atoms with E-state index in [0.29, 0.717) is 25.1 Å². The van der Waals surface area contributed by atoms with Gasteiger partial charge in [-0.2, -0.15) is 4.31 Å². The molecular weight excluding hydrogens is 296 g/mol. The van der Waals surface area contributed by atoms with E-state index in [4.69, 9.17) is 23.1 Å². The van der Waals surface area contributed by atoms with Gasteiger partial charge in [0.25, 0.3) is 0 Å². The molecule has 110 valence electrons. The first-order chi connectivity index (χ1) is 9.45. The predicted octanol–water partition coefficient (Wildman–Crippen LogP) is 0.714. The smallest absolute Gasteiger partial charge is 0.243 e. The standard InChI is InChI=1S/C13H18N2O3S2/c14-13(19)11-1-3-12(4-2-11)20(17,18)15-7-5-10(9-15)6-8-16/h1-4,10,16H,5-9H2,(H2,14,19). The molecule has 0 spiro atoms. The van der Waals surface area contributed by atoms with Crippen molar-refractivity contribution in [2.75, 3.05) is 19.7 Å². The van der Waals surface area contributed by atoms with Crippen LogP contribution in [-0.4, -0.2) is 42.5 Å². The Kier molecular flexibility index (Phi) is 4.74. The number of nitrogens with two attached hydrogens (primary N) is 1. The molecule has 0 bridgehead atoms. The summed E-state index contributed by atoms with van der Waals surface area (Å²) in [6.45, 7) is 1.07. The number of aliphatic hydroxyl groups excluding tert-OH is 1. The van der Waals surface area contributed by atoms with Crippen molar-refractivity contribution in [3.8, 4) is 0 Å². The average molecular weight is 314 g/mol. The molecular formula is C13H18N2O3S2. The molecule has 1 atom stereocenters. The van der Waals surface area contributed by atoms with E-state index in [-0.39, 0.29) is 22.4 Å². The van der Waals surface area contributed by atoms with Crippen molar-refractivity contribution in [3.05, 3.63) is 29.8 Å². The normalized spacial score (nSPS) is 20.1. The molecule has 1 saturated heterocycles. The largest absolute Gasteiger partial charge is 0.396 e. The minimum Gasteiger partial charge on any atom is -0.396 e. The van der Waals surface area contributed by atoms with E-state index in [1.807, 2.05) is 0 Å². The van der Waals surface area contributed by atoms with Gasteiger partial charge in [0.15, 0.2) is 0 Å². The first-order valence-electron chi connectivity index (χ1n) is 6.46. The first kappa shape index (κ1) is 15.4. The lowest BCUT2D eigenvalue weighted by Crippen LogP contribution is -2.29. The maximum absolute atomic E-state index is 12.5. The Morgan fingerprint density at radius 3 is 2.60 bits per heavy atom. The molecule has 1 fully saturated rings. The zero-order chi connectivity index (χ0) is 14.8. The lowest BCUT2D eigenvalue weighted by Gasteiger charge is -2.16. The van der Waals surface area contributed by atoms with Crippen LogP contribution in [0.15, 0.2) is 29.2 Å². The van der Waals surface area contributed by atoms with Gasteiger partial charge in [0.05, 0.1) is 4.90 Å². The van der Waals surface area contributed by atoms with Gasteiger partial charge in [-0.05, 0) is 30.9 Å². The third-order valence-electron chi connectivity index (χ3n) is 3.56. The highest BCUT2D eigenvalue weighted by Gasteiger charge is 2.32. The minimum atomic E-state index is -3.46. The van der Waals surface area contributed by atoms with E-state index in [1.54, 1.807) is 12.1 Å². The lowest BCUT2D eigenvalue weighted by molar-refractivity contribution is 0.259. The molecule has 7 heteroatoms. The minimum absolute atomic E-state index is 0.0984. The number of sulfonamides is 1. The summed E-state index contributed by atoms with van der Waals surface area (Å²) in [4.78, 5) is 0.500. The molecule has 5 nitrogen and oxygen atoms in total. The summed E-state index contributed by atoms with van der Waals surface area (Å²) >= 11 is 4.84. The van der Waals surface area contributed by atoms with Crippen molar-refractivity contribution in [2.45, 2.75) is 17.7 Å². The number of hydrogen-bond acceptors (Lipinski definition) is 4. The Morgan fingerprint density at radius 1 is 1.40 bits per heavy atom. The average Bonchev–Trinajstić information content (AvgIpc) is 2.88. The van der Waals surface area contributed by atoms with E-state index < -0.39 is 10.0 Å². The SMILES string of the molecule is NC(=S)c1ccc(S(=O)(=O)N2CCC(CCO)C2)cc1. The van der Waals surface area contributed by atoms with Gasteiger partial charge in [0.1, 0.15) is 4.99 Å². The number of rotatable bonds is 5. The molecule has 1 aliphatic heterocycles. The third kappa shape index (κ3) is 3.17. The van der Waals surface area contributed by atoms with Crippen LogP contribution < -0.4 is 5.73 Å². The molecule has 20 heavy (non-hydrogen) atoms. The van der Waals surface area contributed by atoms with Gasteiger partial charge in [-0.15, -0.1) is 0 Å². The quantitative estimate of drug-likeness (QED) is 0.782. The second kappa shape index (κ2) is 6.17. The monoisotopic (exact) mass is 314 g/mol. The van der Waals surface area contributed by atoms with Crippen molar-refractivity contribution in [1.82, 2.24) is 4.31 Å². The van der Waals surface area contributed by atoms with Crippen LogP contribution in [0, 0.1) is 5.92 Å². The Labute approximate surface area is 124 Å². The van der Waals surface area contributed by atoms with Crippen molar-refractivity contribution in [3.63, 3.8) is 0 Å². The summed E-state index contributed by atoms with van der Waals surface area (Å²) in [7, 11) is -3.46. The van der Waals surface area contributed by atoms with Crippen molar-refractivity contribution < 1.29 is 13.5 Å². The number of benzene rings is 1. The number of aliphatic hydroxyl groups is 1. The molecule has 1 aliphatic rings. The van der Waals surface area contributed by atoms with Crippen molar-refractivity contribution in [1.29, 1.82) is 0 Å². The highest BCUT2D eigenvalue weighted by molar-refractivity contribution is 7.89. The van der Waals surface area contributed by atoms with Crippen LogP contribution in [0.1, 0.15) is 18.4 Å². The van der Waals surface area contributed by atoms with Gasteiger partial charge in [-0.3, -0.25) is 0 Å². The van der Waals surface area contributed by atoms with Gasteiger partial charge >= 0.3 is 0 Å². The number of hydrogen-bond donors (Lipinski definition) is 2. The van der Waals surface area contributed by atoms with Crippen LogP contribution in [0.3, 0.4) is 0 Å². The molecule has 1 unspecified atom stereocenters. The first-order valence-corrected chi connectivity index (χ1v) is 8.31. The molecule has 0 amide bonds. The Morgan fingerprint density at radius 2 is 2.05 bits per heavy atom. The Balaban J connectivity index is 2.16. The van der Waals surface area contributed by atoms with E-state index in [1.165, 1.54) is 16.4 Å². The zero-order valence-electron chi connectivity index (χ0n) is 11.0. The Hall–Kier alpha value is -1.02. The fourth-order valence-corrected chi connectivity index (χ4v) is 4.04. The topological polar surface area (TPSA) is 83.6 Å². The molecule has 1 aromatic carbocycles. The maximum Gasteiger partial charge on any atom is 0.243 e. The van der Waals surface area contributed by atoms with E-state index in [0.717, 1.165) is 6.42 Å². The van der Waals surface area contributed by atoms with E-state index in [9.17, 15) is 8.42 Å². The van der Waals surface area contributed by atoms with E-state index >= 15 is 0 Å². The summed E-state index contributed by atoms with van der Waals surface area (Å²) in [5.41, 5.74) is 6.15. The highest BCUT2D eigenvalue weighted by Crippen LogP contribution is 2.26. The van der Waals surface area contributed by atoms with Crippen molar-refractivity contribution in [2.24, 2.45) is 11.7 Å². The summed E-state index contributed by atoms with van der Waals surface area (Å²) in [5, 5.41) is 8.92. The van der Waals surface area contributed by atoms with Gasteiger partial charge in [0, 0.05) is 25.3 Å². The third-order valence-corrected chi connectivity index (χ3v) is 5.68. The van der Waals surface area contributed by atoms with Crippen LogP contribution in [0.2, 0.25) is 0 Å². The molecule has 0 aromatic heterocycles. The maximum atomic E-state index is 12.5. The summed E-state index contributed by atoms with van der Waals surface area (Å²) in [6, 6.07) is 6.30. The van der Waals surface area contributed by atoms with Gasteiger partial charge in [0.2, 0.25) is 10.0 Å². The lowest BCUT2D eigenvalue weighted by atomic mass is 10.1. The summed E-state index contributed by atoms with van der Waals surface area (Å²) < 4.78 is 26.4. The molecule has 0 saturated carbocycles. The second-order valence-corrected chi connectivity index (χ2v) is 7.30. The zero-order valence-corrected chi connectivity index (χ0v) is 12.7. The van der Waals surface area contributed by atoms with Crippen molar-refractivity contribution >= 4 is 27.2 Å². The second-order valence-electron chi connectivity index (χ2n) is 4.92. The van der Waals surface area contributed by atoms with Gasteiger partial charge < -0.3 is 10.8 Å². The van der Waals surface area contributed by atoms with Crippen LogP contribution >= 0.6 is 12.2 Å². The van der Waals surface area contributed by atoms with Gasteiger partial charge in [-0.25, -0.2) is 8.42 Å². The molecule has 1 heterocycles. The van der Waals surface area contributed by atoms with E-state index in [2.05, 4.69) is 0 Å². The number of thiocarbonyl (C=S) groups is 1. The molecule has 1 aromatic rings. The summed E-state index contributed by atoms with van der Waals surface area (Å²) in [5.74, 6) is 0.241. The molecule has 0 radical (unpaired) electrons. The van der Waals surface area contributed by atoms with Crippen LogP contribution in [-0.2, 0) is 10.0 Å². The van der Waals surface area contributed by atoms with Crippen LogP contribution in [0.4, 0.5) is 0 Å². The van der Waals surface area contributed by atoms with Gasteiger partial charge in [-0.1, -0.05) is 24.4 Å². The van der Waals surface area contributed by atoms with Crippen LogP contribution in [0.25, 0.3) is 0 Å². The van der Waals surface area contributed by atoms with Crippen LogP contribution in [0.5, 0.6) is 0 Å². The fourth-order valence-electron chi connectivity index (χ4n) is 2.37. The molecule has 0 aliphatic carbocycles. The number of nitrogens with zero attached hydrogens (tertiary/aromatic N) is 1. The summed E-state index contributed by atoms with van der Waals surface area (Å²) in [6.07, 6.45) is 1.44. The molecule has 3 N–H and O–H groups in total. The molecule has 2 rings (SSSR count). The Bertz CT molecular complexity index is 584. The predicted molar refractivity (Wildman–Crippen MR) is 80.9 cm³/mol.